The second-order valence-electron chi connectivity index (χ2n) is 5.68. The normalized spacial score (nSPS) is 13.7. The molecule has 1 aromatic heterocycles. The summed E-state index contributed by atoms with van der Waals surface area (Å²) in [6.45, 7) is 4.25. The number of rotatable bonds is 6. The summed E-state index contributed by atoms with van der Waals surface area (Å²) in [7, 11) is 0. The molecule has 0 aliphatic carbocycles. The summed E-state index contributed by atoms with van der Waals surface area (Å²) >= 11 is 1.54. The van der Waals surface area contributed by atoms with Crippen LogP contribution >= 0.6 is 23.7 Å². The Kier molecular flexibility index (Phi) is 7.29. The number of fused-ring (bicyclic) bond motifs is 1. The van der Waals surface area contributed by atoms with Gasteiger partial charge in [0.2, 0.25) is 5.91 Å². The average molecular weight is 343 g/mol. The van der Waals surface area contributed by atoms with Crippen molar-refractivity contribution >= 4 is 39.7 Å². The number of aliphatic hydroxyl groups excluding tert-OH is 1. The molecule has 1 unspecified atom stereocenters. The van der Waals surface area contributed by atoms with Gasteiger partial charge in [-0.15, -0.1) is 23.7 Å². The van der Waals surface area contributed by atoms with E-state index in [2.05, 4.69) is 5.32 Å². The Morgan fingerprint density at radius 2 is 2.05 bits per heavy atom. The van der Waals surface area contributed by atoms with E-state index in [1.54, 1.807) is 11.3 Å². The van der Waals surface area contributed by atoms with Crippen molar-refractivity contribution in [3.8, 4) is 0 Å². The summed E-state index contributed by atoms with van der Waals surface area (Å²) in [6.07, 6.45) is -0.0530. The van der Waals surface area contributed by atoms with E-state index in [1.165, 1.54) is 0 Å². The topological polar surface area (TPSA) is 75.4 Å². The molecule has 0 radical (unpaired) electrons. The number of carbonyl (C=O) groups is 1. The Labute approximate surface area is 141 Å². The first-order valence-corrected chi connectivity index (χ1v) is 7.99. The lowest BCUT2D eigenvalue weighted by Crippen LogP contribution is -2.42. The lowest BCUT2D eigenvalue weighted by Gasteiger charge is -2.15. The number of halogens is 1. The predicted octanol–water partition coefficient (Wildman–Crippen LogP) is 2.85. The van der Waals surface area contributed by atoms with Crippen molar-refractivity contribution in [1.29, 1.82) is 0 Å². The Hall–Kier alpha value is -1.14. The molecule has 0 aliphatic heterocycles. The number of aliphatic hydroxyl groups is 1. The number of thiophene rings is 1. The lowest BCUT2D eigenvalue weighted by atomic mass is 10.0. The maximum atomic E-state index is 11.8. The van der Waals surface area contributed by atoms with Gasteiger partial charge in [0.25, 0.3) is 0 Å². The fourth-order valence-corrected chi connectivity index (χ4v) is 3.26. The van der Waals surface area contributed by atoms with Crippen molar-refractivity contribution in [3.05, 3.63) is 35.2 Å². The van der Waals surface area contributed by atoms with E-state index in [0.717, 1.165) is 15.0 Å². The summed E-state index contributed by atoms with van der Waals surface area (Å²) < 4.78 is 1.13. The molecule has 1 aromatic carbocycles. The van der Waals surface area contributed by atoms with Crippen LogP contribution in [-0.2, 0) is 4.79 Å². The molecular weight excluding hydrogens is 320 g/mol. The van der Waals surface area contributed by atoms with Crippen molar-refractivity contribution in [3.63, 3.8) is 0 Å². The first-order valence-electron chi connectivity index (χ1n) is 7.17. The van der Waals surface area contributed by atoms with Gasteiger partial charge in [0.05, 0.1) is 6.04 Å². The Morgan fingerprint density at radius 1 is 1.36 bits per heavy atom. The van der Waals surface area contributed by atoms with Gasteiger partial charge in [-0.05, 0) is 29.9 Å². The molecule has 0 aliphatic rings. The van der Waals surface area contributed by atoms with E-state index in [0.29, 0.717) is 12.3 Å². The predicted molar refractivity (Wildman–Crippen MR) is 94.5 cm³/mol. The summed E-state index contributed by atoms with van der Waals surface area (Å²) in [5, 5.41) is 14.0. The van der Waals surface area contributed by atoms with Crippen molar-refractivity contribution < 1.29 is 9.90 Å². The third-order valence-corrected chi connectivity index (χ3v) is 4.52. The zero-order valence-electron chi connectivity index (χ0n) is 12.8. The first kappa shape index (κ1) is 18.9. The molecule has 0 saturated heterocycles. The highest BCUT2D eigenvalue weighted by Gasteiger charge is 2.17. The van der Waals surface area contributed by atoms with E-state index >= 15 is 0 Å². The zero-order chi connectivity index (χ0) is 15.4. The molecule has 0 bridgehead atoms. The Morgan fingerprint density at radius 3 is 2.68 bits per heavy atom. The largest absolute Gasteiger partial charge is 0.386 e. The van der Waals surface area contributed by atoms with Crippen molar-refractivity contribution in [2.45, 2.75) is 32.4 Å². The van der Waals surface area contributed by atoms with Crippen LogP contribution in [0.4, 0.5) is 0 Å². The van der Waals surface area contributed by atoms with Gasteiger partial charge in [-0.25, -0.2) is 0 Å². The standard InChI is InChI=1S/C16H22N2O2S.ClH/c1-10(2)7-12(17)16(20)18-9-13(19)15-8-11-5-3-4-6-14(11)21-15;/h3-6,8,10,12-13,19H,7,9,17H2,1-2H3,(H,18,20);1H/t12-,13?;/m0./s1. The summed E-state index contributed by atoms with van der Waals surface area (Å²) in [6, 6.07) is 9.43. The number of hydrogen-bond acceptors (Lipinski definition) is 4. The molecule has 1 amide bonds. The molecule has 0 saturated carbocycles. The van der Waals surface area contributed by atoms with Gasteiger partial charge in [0, 0.05) is 16.1 Å². The van der Waals surface area contributed by atoms with Gasteiger partial charge in [-0.2, -0.15) is 0 Å². The quantitative estimate of drug-likeness (QED) is 0.755. The smallest absolute Gasteiger partial charge is 0.237 e. The van der Waals surface area contributed by atoms with Crippen LogP contribution in [0.5, 0.6) is 0 Å². The number of hydrogen-bond donors (Lipinski definition) is 3. The highest BCUT2D eigenvalue weighted by atomic mass is 35.5. The molecule has 2 aromatic rings. The number of nitrogens with one attached hydrogen (secondary N) is 1. The van der Waals surface area contributed by atoms with Crippen LogP contribution in [0.2, 0.25) is 0 Å². The van der Waals surface area contributed by atoms with Crippen molar-refractivity contribution in [1.82, 2.24) is 5.32 Å². The summed E-state index contributed by atoms with van der Waals surface area (Å²) in [5.41, 5.74) is 5.81. The maximum absolute atomic E-state index is 11.8. The third kappa shape index (κ3) is 4.95. The summed E-state index contributed by atoms with van der Waals surface area (Å²) in [4.78, 5) is 12.7. The van der Waals surface area contributed by atoms with Gasteiger partial charge in [-0.3, -0.25) is 4.79 Å². The van der Waals surface area contributed by atoms with Gasteiger partial charge < -0.3 is 16.2 Å². The van der Waals surface area contributed by atoms with Gasteiger partial charge in [0.1, 0.15) is 6.10 Å². The molecule has 22 heavy (non-hydrogen) atoms. The van der Waals surface area contributed by atoms with E-state index < -0.39 is 12.1 Å². The van der Waals surface area contributed by atoms with Crippen molar-refractivity contribution in [2.24, 2.45) is 11.7 Å². The van der Waals surface area contributed by atoms with E-state index in [1.807, 2.05) is 44.2 Å². The van der Waals surface area contributed by atoms with Crippen LogP contribution in [0.1, 0.15) is 31.2 Å². The molecule has 2 rings (SSSR count). The molecule has 0 fully saturated rings. The first-order chi connectivity index (χ1) is 9.97. The van der Waals surface area contributed by atoms with Crippen LogP contribution < -0.4 is 11.1 Å². The second kappa shape index (κ2) is 8.48. The van der Waals surface area contributed by atoms with Crippen LogP contribution in [0.3, 0.4) is 0 Å². The number of nitrogens with two attached hydrogens (primary N) is 1. The van der Waals surface area contributed by atoms with E-state index in [4.69, 9.17) is 5.73 Å². The fraction of sp³-hybridized carbons (Fsp3) is 0.438. The minimum Gasteiger partial charge on any atom is -0.386 e. The van der Waals surface area contributed by atoms with Crippen LogP contribution in [0, 0.1) is 5.92 Å². The molecule has 4 N–H and O–H groups in total. The summed E-state index contributed by atoms with van der Waals surface area (Å²) in [5.74, 6) is 0.169. The van der Waals surface area contributed by atoms with Crippen LogP contribution in [-0.4, -0.2) is 23.6 Å². The molecule has 4 nitrogen and oxygen atoms in total. The van der Waals surface area contributed by atoms with Crippen molar-refractivity contribution in [2.75, 3.05) is 6.54 Å². The number of benzene rings is 1. The van der Waals surface area contributed by atoms with Crippen LogP contribution in [0.25, 0.3) is 10.1 Å². The second-order valence-corrected chi connectivity index (χ2v) is 6.80. The number of carbonyl (C=O) groups excluding carboxylic acids is 1. The Bertz CT molecular complexity index is 582. The van der Waals surface area contributed by atoms with Gasteiger partial charge in [0.15, 0.2) is 0 Å². The molecular formula is C16H23ClN2O2S. The Balaban J connectivity index is 0.00000242. The zero-order valence-corrected chi connectivity index (χ0v) is 14.4. The average Bonchev–Trinajstić information content (AvgIpc) is 2.87. The monoisotopic (exact) mass is 342 g/mol. The minimum atomic E-state index is -0.697. The number of amides is 1. The SMILES string of the molecule is CC(C)C[C@H](N)C(=O)NCC(O)c1cc2ccccc2s1.Cl. The molecule has 122 valence electrons. The molecule has 6 heteroatoms. The molecule has 0 spiro atoms. The lowest BCUT2D eigenvalue weighted by molar-refractivity contribution is -0.123. The van der Waals surface area contributed by atoms with Gasteiger partial charge in [-0.1, -0.05) is 32.0 Å². The highest BCUT2D eigenvalue weighted by Crippen LogP contribution is 2.29. The highest BCUT2D eigenvalue weighted by molar-refractivity contribution is 7.19. The van der Waals surface area contributed by atoms with E-state index in [9.17, 15) is 9.90 Å². The third-order valence-electron chi connectivity index (χ3n) is 3.30. The fourth-order valence-electron chi connectivity index (χ4n) is 2.21. The molecule has 2 atom stereocenters. The van der Waals surface area contributed by atoms with E-state index in [-0.39, 0.29) is 24.9 Å². The van der Waals surface area contributed by atoms with Crippen LogP contribution in [0.15, 0.2) is 30.3 Å². The molecule has 1 heterocycles. The maximum Gasteiger partial charge on any atom is 0.237 e. The minimum absolute atomic E-state index is 0. The van der Waals surface area contributed by atoms with Gasteiger partial charge >= 0.3 is 0 Å².